The lowest BCUT2D eigenvalue weighted by molar-refractivity contribution is -0.277. The van der Waals surface area contributed by atoms with Gasteiger partial charge in [0.2, 0.25) is 17.5 Å². The summed E-state index contributed by atoms with van der Waals surface area (Å²) < 4.78 is 21.6. The Balaban J connectivity index is 1.94. The average molecular weight is 452 g/mol. The molecule has 12 nitrogen and oxygen atoms in total. The van der Waals surface area contributed by atoms with Crippen LogP contribution in [0.1, 0.15) is 0 Å². The zero-order chi connectivity index (χ0) is 23.3. The minimum absolute atomic E-state index is 0.125. The van der Waals surface area contributed by atoms with E-state index in [2.05, 4.69) is 0 Å². The van der Waals surface area contributed by atoms with Crippen molar-refractivity contribution in [1.29, 1.82) is 0 Å². The molecule has 0 saturated carbocycles. The van der Waals surface area contributed by atoms with Crippen molar-refractivity contribution in [2.75, 3.05) is 13.7 Å². The molecule has 1 saturated heterocycles. The van der Waals surface area contributed by atoms with Crippen LogP contribution in [0.4, 0.5) is 0 Å². The fraction of sp³-hybridized carbons (Fsp3) is 0.350. The van der Waals surface area contributed by atoms with Gasteiger partial charge in [-0.25, -0.2) is 0 Å². The summed E-state index contributed by atoms with van der Waals surface area (Å²) in [6.45, 7) is -0.709. The van der Waals surface area contributed by atoms with E-state index in [0.717, 1.165) is 12.1 Å². The molecule has 2 aromatic carbocycles. The molecule has 1 aliphatic rings. The number of rotatable bonds is 4. The van der Waals surface area contributed by atoms with Crippen LogP contribution in [0.15, 0.2) is 27.4 Å². The predicted molar refractivity (Wildman–Crippen MR) is 106 cm³/mol. The first-order valence-corrected chi connectivity index (χ1v) is 9.38. The Morgan fingerprint density at radius 3 is 2.38 bits per heavy atom. The van der Waals surface area contributed by atoms with E-state index in [0.29, 0.717) is 0 Å². The summed E-state index contributed by atoms with van der Waals surface area (Å²) in [6.07, 6.45) is -8.13. The van der Waals surface area contributed by atoms with Crippen LogP contribution in [0.2, 0.25) is 0 Å². The van der Waals surface area contributed by atoms with Crippen LogP contribution in [0.25, 0.3) is 21.9 Å². The van der Waals surface area contributed by atoms with Gasteiger partial charge in [-0.3, -0.25) is 4.79 Å². The molecule has 0 aliphatic carbocycles. The van der Waals surface area contributed by atoms with Gasteiger partial charge in [-0.05, 0) is 12.1 Å². The standard InChI is InChI=1S/C20H20O12/c1-29-18-7(23)4-9(31-20-17(28)16(27)14(25)10(5-21)32-20)12-15(26)11-8(30-19(12)18)3-2-6(22)13(11)24/h2-4,10,14,16-17,20-25,27-28H,5H2,1H3/t10-,14-,16+,17-,20-/m1/s1. The van der Waals surface area contributed by atoms with Crippen LogP contribution >= 0.6 is 0 Å². The highest BCUT2D eigenvalue weighted by atomic mass is 16.7. The van der Waals surface area contributed by atoms with Gasteiger partial charge in [-0.1, -0.05) is 0 Å². The summed E-state index contributed by atoms with van der Waals surface area (Å²) >= 11 is 0. The second kappa shape index (κ2) is 8.00. The maximum atomic E-state index is 13.2. The molecule has 1 fully saturated rings. The minimum Gasteiger partial charge on any atom is -0.504 e. The van der Waals surface area contributed by atoms with Crippen LogP contribution in [0.5, 0.6) is 28.7 Å². The normalized spacial score (nSPS) is 25.8. The quantitative estimate of drug-likeness (QED) is 0.193. The number of ether oxygens (including phenoxy) is 3. The first-order chi connectivity index (χ1) is 15.2. The molecule has 1 aliphatic heterocycles. The number of aromatic hydroxyl groups is 3. The third kappa shape index (κ3) is 3.25. The fourth-order valence-electron chi connectivity index (χ4n) is 3.60. The van der Waals surface area contributed by atoms with Gasteiger partial charge in [0.1, 0.15) is 46.5 Å². The number of benzene rings is 2. The van der Waals surface area contributed by atoms with E-state index in [1.807, 2.05) is 0 Å². The fourth-order valence-corrected chi connectivity index (χ4v) is 3.60. The van der Waals surface area contributed by atoms with Gasteiger partial charge in [0.05, 0.1) is 13.7 Å². The maximum Gasteiger partial charge on any atom is 0.229 e. The zero-order valence-electron chi connectivity index (χ0n) is 16.5. The average Bonchev–Trinajstić information content (AvgIpc) is 2.76. The number of fused-ring (bicyclic) bond motifs is 2. The van der Waals surface area contributed by atoms with E-state index >= 15 is 0 Å². The summed E-state index contributed by atoms with van der Waals surface area (Å²) in [5.74, 6) is -2.45. The second-order valence-corrected chi connectivity index (χ2v) is 7.18. The van der Waals surface area contributed by atoms with Crippen molar-refractivity contribution in [2.24, 2.45) is 0 Å². The monoisotopic (exact) mass is 452 g/mol. The number of aliphatic hydroxyl groups is 4. The maximum absolute atomic E-state index is 13.2. The number of phenols is 3. The molecule has 3 aromatic rings. The largest absolute Gasteiger partial charge is 0.504 e. The van der Waals surface area contributed by atoms with Crippen molar-refractivity contribution >= 4 is 21.9 Å². The number of phenolic OH excluding ortho intramolecular Hbond substituents is 3. The molecule has 1 aromatic heterocycles. The van der Waals surface area contributed by atoms with Gasteiger partial charge in [-0.15, -0.1) is 0 Å². The van der Waals surface area contributed by atoms with Crippen molar-refractivity contribution in [3.05, 3.63) is 28.4 Å². The van der Waals surface area contributed by atoms with Crippen molar-refractivity contribution in [1.82, 2.24) is 0 Å². The minimum atomic E-state index is -1.79. The summed E-state index contributed by atoms with van der Waals surface area (Å²) in [4.78, 5) is 13.2. The summed E-state index contributed by atoms with van der Waals surface area (Å²) in [5, 5.41) is 69.1. The van der Waals surface area contributed by atoms with E-state index in [9.17, 15) is 40.5 Å². The second-order valence-electron chi connectivity index (χ2n) is 7.18. The zero-order valence-corrected chi connectivity index (χ0v) is 16.5. The molecule has 4 rings (SSSR count). The van der Waals surface area contributed by atoms with Gasteiger partial charge in [0.25, 0.3) is 0 Å². The molecule has 32 heavy (non-hydrogen) atoms. The third-order valence-corrected chi connectivity index (χ3v) is 5.26. The predicted octanol–water partition coefficient (Wildman–Crippen LogP) is -0.750. The van der Waals surface area contributed by atoms with Gasteiger partial charge >= 0.3 is 0 Å². The SMILES string of the molecule is COc1c(O)cc(O[C@@H]2O[C@H](CO)[C@@H](O)[C@H](O)[C@H]2O)c2c(=O)c3c(O)c(O)ccc3oc12. The molecule has 7 N–H and O–H groups in total. The summed E-state index contributed by atoms with van der Waals surface area (Å²) in [5.41, 5.74) is -1.26. The Hall–Kier alpha value is -3.29. The number of hydrogen-bond donors (Lipinski definition) is 7. The van der Waals surface area contributed by atoms with Crippen LogP contribution in [-0.2, 0) is 4.74 Å². The number of hydrogen-bond acceptors (Lipinski definition) is 12. The molecule has 5 atom stereocenters. The van der Waals surface area contributed by atoms with E-state index in [1.54, 1.807) is 0 Å². The van der Waals surface area contributed by atoms with Crippen molar-refractivity contribution in [3.8, 4) is 28.7 Å². The van der Waals surface area contributed by atoms with E-state index < -0.39 is 60.0 Å². The lowest BCUT2D eigenvalue weighted by atomic mass is 9.99. The first-order valence-electron chi connectivity index (χ1n) is 9.38. The molecular weight excluding hydrogens is 432 g/mol. The van der Waals surface area contributed by atoms with Crippen LogP contribution in [0, 0.1) is 0 Å². The van der Waals surface area contributed by atoms with Crippen molar-refractivity contribution in [3.63, 3.8) is 0 Å². The van der Waals surface area contributed by atoms with Gasteiger partial charge in [0, 0.05) is 6.07 Å². The van der Waals surface area contributed by atoms with E-state index in [-0.39, 0.29) is 33.4 Å². The summed E-state index contributed by atoms with van der Waals surface area (Å²) in [7, 11) is 1.21. The van der Waals surface area contributed by atoms with Crippen LogP contribution < -0.4 is 14.9 Å². The molecule has 0 spiro atoms. The molecule has 0 unspecified atom stereocenters. The van der Waals surface area contributed by atoms with Gasteiger partial charge in [0.15, 0.2) is 22.8 Å². The Bertz CT molecular complexity index is 1230. The molecule has 0 radical (unpaired) electrons. The van der Waals surface area contributed by atoms with E-state index in [1.165, 1.54) is 13.2 Å². The highest BCUT2D eigenvalue weighted by Crippen LogP contribution is 2.43. The summed E-state index contributed by atoms with van der Waals surface area (Å²) in [6, 6.07) is 3.30. The van der Waals surface area contributed by atoms with Crippen molar-refractivity contribution < 1.29 is 54.4 Å². The highest BCUT2D eigenvalue weighted by molar-refractivity contribution is 6.00. The molecule has 2 heterocycles. The Morgan fingerprint density at radius 2 is 1.72 bits per heavy atom. The number of aliphatic hydroxyl groups excluding tert-OH is 4. The molecule has 0 amide bonds. The molecular formula is C20H20O12. The first kappa shape index (κ1) is 21.9. The highest BCUT2D eigenvalue weighted by Gasteiger charge is 2.45. The lowest BCUT2D eigenvalue weighted by Crippen LogP contribution is -2.60. The van der Waals surface area contributed by atoms with Crippen LogP contribution in [-0.4, -0.2) is 80.2 Å². The smallest absolute Gasteiger partial charge is 0.229 e. The van der Waals surface area contributed by atoms with E-state index in [4.69, 9.17) is 18.6 Å². The van der Waals surface area contributed by atoms with Crippen molar-refractivity contribution in [2.45, 2.75) is 30.7 Å². The molecule has 0 bridgehead atoms. The Kier molecular flexibility index (Phi) is 5.48. The lowest BCUT2D eigenvalue weighted by Gasteiger charge is -2.39. The number of methoxy groups -OCH3 is 1. The van der Waals surface area contributed by atoms with Gasteiger partial charge in [-0.2, -0.15) is 0 Å². The Morgan fingerprint density at radius 1 is 1.00 bits per heavy atom. The Labute approximate surface area is 178 Å². The van der Waals surface area contributed by atoms with Gasteiger partial charge < -0.3 is 54.4 Å². The molecule has 12 heteroatoms. The van der Waals surface area contributed by atoms with Crippen LogP contribution in [0.3, 0.4) is 0 Å². The third-order valence-electron chi connectivity index (χ3n) is 5.26. The molecule has 172 valence electrons. The topological polar surface area (TPSA) is 200 Å².